The summed E-state index contributed by atoms with van der Waals surface area (Å²) in [6.45, 7) is 1.51. The Hall–Kier alpha value is -1.82. The maximum Gasteiger partial charge on any atom is 0.291 e. The molecule has 2 aromatic rings. The highest BCUT2D eigenvalue weighted by atomic mass is 32.2. The summed E-state index contributed by atoms with van der Waals surface area (Å²) >= 11 is 1.92. The van der Waals surface area contributed by atoms with E-state index in [0.717, 1.165) is 25.3 Å². The van der Waals surface area contributed by atoms with Crippen LogP contribution in [0.4, 0.5) is 0 Å². The van der Waals surface area contributed by atoms with E-state index in [0.29, 0.717) is 11.1 Å². The fourth-order valence-corrected chi connectivity index (χ4v) is 3.60. The van der Waals surface area contributed by atoms with Crippen LogP contribution >= 0.6 is 11.8 Å². The number of aromatic amines is 1. The Morgan fingerprint density at radius 3 is 2.90 bits per heavy atom. The molecule has 5 nitrogen and oxygen atoms in total. The average Bonchev–Trinajstić information content (AvgIpc) is 2.92. The largest absolute Gasteiger partial charge is 0.335 e. The van der Waals surface area contributed by atoms with Gasteiger partial charge in [0.05, 0.1) is 0 Å². The van der Waals surface area contributed by atoms with Gasteiger partial charge in [-0.15, -0.1) is 0 Å². The van der Waals surface area contributed by atoms with Gasteiger partial charge in [0, 0.05) is 24.1 Å². The molecule has 0 bridgehead atoms. The number of nitrogens with zero attached hydrogens (tertiary/aromatic N) is 3. The summed E-state index contributed by atoms with van der Waals surface area (Å²) in [4.78, 5) is 18.0. The highest BCUT2D eigenvalue weighted by Gasteiger charge is 2.24. The Balaban J connectivity index is 1.67. The van der Waals surface area contributed by atoms with Gasteiger partial charge in [-0.3, -0.25) is 9.89 Å². The number of nitrogens with one attached hydrogen (secondary N) is 1. The van der Waals surface area contributed by atoms with Crippen molar-refractivity contribution in [2.75, 3.05) is 18.8 Å². The van der Waals surface area contributed by atoms with Gasteiger partial charge in [-0.05, 0) is 12.0 Å². The smallest absolute Gasteiger partial charge is 0.291 e. The van der Waals surface area contributed by atoms with Gasteiger partial charge >= 0.3 is 0 Å². The van der Waals surface area contributed by atoms with E-state index in [2.05, 4.69) is 39.4 Å². The molecule has 104 valence electrons. The standard InChI is InChI=1S/C14H16N4OS/c19-14(13-15-10-16-17-13)18-7-6-12(20-9-8-18)11-4-2-1-3-5-11/h1-5,10,12H,6-9H2,(H,15,16,17). The van der Waals surface area contributed by atoms with Crippen LogP contribution in [-0.4, -0.2) is 44.8 Å². The molecule has 20 heavy (non-hydrogen) atoms. The van der Waals surface area contributed by atoms with E-state index in [1.165, 1.54) is 11.9 Å². The second-order valence-corrected chi connectivity index (χ2v) is 6.00. The number of rotatable bonds is 2. The Bertz CT molecular complexity index is 558. The van der Waals surface area contributed by atoms with Crippen LogP contribution in [0.2, 0.25) is 0 Å². The number of thioether (sulfide) groups is 1. The number of hydrogen-bond donors (Lipinski definition) is 1. The van der Waals surface area contributed by atoms with Gasteiger partial charge in [-0.1, -0.05) is 30.3 Å². The van der Waals surface area contributed by atoms with Crippen LogP contribution in [0, 0.1) is 0 Å². The van der Waals surface area contributed by atoms with Gasteiger partial charge in [0.15, 0.2) is 0 Å². The van der Waals surface area contributed by atoms with Gasteiger partial charge in [0.25, 0.3) is 5.91 Å². The summed E-state index contributed by atoms with van der Waals surface area (Å²) in [5, 5.41) is 6.84. The summed E-state index contributed by atoms with van der Waals surface area (Å²) in [6, 6.07) is 10.5. The average molecular weight is 288 g/mol. The predicted molar refractivity (Wildman–Crippen MR) is 78.5 cm³/mol. The van der Waals surface area contributed by atoms with Crippen molar-refractivity contribution in [3.8, 4) is 0 Å². The molecule has 1 fully saturated rings. The molecule has 1 unspecified atom stereocenters. The zero-order valence-electron chi connectivity index (χ0n) is 11.0. The fourth-order valence-electron chi connectivity index (χ4n) is 2.37. The highest BCUT2D eigenvalue weighted by molar-refractivity contribution is 7.99. The molecule has 0 radical (unpaired) electrons. The van der Waals surface area contributed by atoms with E-state index in [1.54, 1.807) is 0 Å². The van der Waals surface area contributed by atoms with Crippen molar-refractivity contribution in [2.24, 2.45) is 0 Å². The molecule has 0 spiro atoms. The SMILES string of the molecule is O=C(c1ncn[nH]1)N1CCSC(c2ccccc2)CC1. The Morgan fingerprint density at radius 1 is 1.30 bits per heavy atom. The maximum absolute atomic E-state index is 12.2. The minimum absolute atomic E-state index is 0.0585. The molecule has 1 amide bonds. The predicted octanol–water partition coefficient (Wildman–Crippen LogP) is 2.13. The molecule has 1 atom stereocenters. The first-order valence-corrected chi connectivity index (χ1v) is 7.70. The topological polar surface area (TPSA) is 61.9 Å². The molecule has 1 aliphatic rings. The summed E-state index contributed by atoms with van der Waals surface area (Å²) in [5.74, 6) is 1.21. The van der Waals surface area contributed by atoms with Crippen molar-refractivity contribution < 1.29 is 4.79 Å². The first-order valence-electron chi connectivity index (χ1n) is 6.66. The van der Waals surface area contributed by atoms with Gasteiger partial charge < -0.3 is 4.90 Å². The third-order valence-corrected chi connectivity index (χ3v) is 4.75. The van der Waals surface area contributed by atoms with Crippen molar-refractivity contribution in [3.63, 3.8) is 0 Å². The normalized spacial score (nSPS) is 19.6. The van der Waals surface area contributed by atoms with Crippen LogP contribution in [0.5, 0.6) is 0 Å². The number of benzene rings is 1. The quantitative estimate of drug-likeness (QED) is 0.919. The molecule has 1 aromatic carbocycles. The van der Waals surface area contributed by atoms with Crippen LogP contribution in [0.15, 0.2) is 36.7 Å². The number of amides is 1. The van der Waals surface area contributed by atoms with Crippen LogP contribution in [0.25, 0.3) is 0 Å². The van der Waals surface area contributed by atoms with Gasteiger partial charge in [-0.25, -0.2) is 4.98 Å². The second-order valence-electron chi connectivity index (χ2n) is 4.69. The van der Waals surface area contributed by atoms with Crippen molar-refractivity contribution in [1.82, 2.24) is 20.1 Å². The number of carbonyl (C=O) groups is 1. The molecule has 0 saturated carbocycles. The molecule has 3 rings (SSSR count). The van der Waals surface area contributed by atoms with Crippen LogP contribution in [-0.2, 0) is 0 Å². The molecular weight excluding hydrogens is 272 g/mol. The van der Waals surface area contributed by atoms with Crippen LogP contribution in [0.3, 0.4) is 0 Å². The van der Waals surface area contributed by atoms with Crippen LogP contribution in [0.1, 0.15) is 27.9 Å². The lowest BCUT2D eigenvalue weighted by Gasteiger charge is -2.18. The third kappa shape index (κ3) is 2.85. The van der Waals surface area contributed by atoms with E-state index in [9.17, 15) is 4.79 Å². The monoisotopic (exact) mass is 288 g/mol. The lowest BCUT2D eigenvalue weighted by atomic mass is 10.1. The molecular formula is C14H16N4OS. The molecule has 1 aromatic heterocycles. The number of H-pyrrole nitrogens is 1. The Morgan fingerprint density at radius 2 is 2.15 bits per heavy atom. The summed E-state index contributed by atoms with van der Waals surface area (Å²) < 4.78 is 0. The summed E-state index contributed by atoms with van der Waals surface area (Å²) in [7, 11) is 0. The van der Waals surface area contributed by atoms with Gasteiger partial charge in [0.1, 0.15) is 6.33 Å². The lowest BCUT2D eigenvalue weighted by Crippen LogP contribution is -2.33. The zero-order valence-corrected chi connectivity index (χ0v) is 11.8. The number of hydrogen-bond acceptors (Lipinski definition) is 4. The third-order valence-electron chi connectivity index (χ3n) is 3.42. The minimum Gasteiger partial charge on any atom is -0.335 e. The second kappa shape index (κ2) is 6.09. The minimum atomic E-state index is -0.0585. The molecule has 2 heterocycles. The zero-order chi connectivity index (χ0) is 13.8. The fraction of sp³-hybridized carbons (Fsp3) is 0.357. The summed E-state index contributed by atoms with van der Waals surface area (Å²) in [5.41, 5.74) is 1.34. The van der Waals surface area contributed by atoms with Gasteiger partial charge in [0.2, 0.25) is 5.82 Å². The maximum atomic E-state index is 12.2. The van der Waals surface area contributed by atoms with E-state index >= 15 is 0 Å². The van der Waals surface area contributed by atoms with Crippen molar-refractivity contribution in [1.29, 1.82) is 0 Å². The van der Waals surface area contributed by atoms with E-state index in [1.807, 2.05) is 22.7 Å². The molecule has 1 saturated heterocycles. The molecule has 6 heteroatoms. The Labute approximate surface area is 121 Å². The molecule has 0 aliphatic carbocycles. The molecule has 1 N–H and O–H groups in total. The van der Waals surface area contributed by atoms with Crippen LogP contribution < -0.4 is 0 Å². The molecule has 1 aliphatic heterocycles. The number of carbonyl (C=O) groups excluding carboxylic acids is 1. The van der Waals surface area contributed by atoms with Crippen molar-refractivity contribution in [2.45, 2.75) is 11.7 Å². The highest BCUT2D eigenvalue weighted by Crippen LogP contribution is 2.34. The van der Waals surface area contributed by atoms with Crippen molar-refractivity contribution >= 4 is 17.7 Å². The first-order chi connectivity index (χ1) is 9.84. The Kier molecular flexibility index (Phi) is 4.01. The lowest BCUT2D eigenvalue weighted by molar-refractivity contribution is 0.0755. The van der Waals surface area contributed by atoms with E-state index in [-0.39, 0.29) is 5.91 Å². The summed E-state index contributed by atoms with van der Waals surface area (Å²) in [6.07, 6.45) is 2.33. The van der Waals surface area contributed by atoms with E-state index < -0.39 is 0 Å². The van der Waals surface area contributed by atoms with Gasteiger partial charge in [-0.2, -0.15) is 16.9 Å². The van der Waals surface area contributed by atoms with Crippen molar-refractivity contribution in [3.05, 3.63) is 48.0 Å². The van der Waals surface area contributed by atoms with E-state index in [4.69, 9.17) is 0 Å². The number of aromatic nitrogens is 3. The first kappa shape index (κ1) is 13.2.